The fourth-order valence-corrected chi connectivity index (χ4v) is 3.69. The largest absolute Gasteiger partial charge is 0.348 e. The van der Waals surface area contributed by atoms with Crippen molar-refractivity contribution >= 4 is 5.91 Å². The van der Waals surface area contributed by atoms with E-state index in [0.29, 0.717) is 6.61 Å². The molecule has 0 spiro atoms. The maximum atomic E-state index is 12.7. The van der Waals surface area contributed by atoms with Crippen LogP contribution in [0.2, 0.25) is 0 Å². The molecule has 2 aliphatic rings. The number of benzene rings is 1. The molecule has 0 bridgehead atoms. The van der Waals surface area contributed by atoms with Crippen LogP contribution in [0.5, 0.6) is 0 Å². The molecular weight excluding hydrogens is 302 g/mol. The monoisotopic (exact) mass is 329 g/mol. The number of ether oxygens (including phenoxy) is 2. The molecule has 2 saturated heterocycles. The minimum Gasteiger partial charge on any atom is -0.348 e. The number of amides is 1. The number of hydrogen-bond donors (Lipinski definition) is 0. The van der Waals surface area contributed by atoms with Crippen molar-refractivity contribution in [3.05, 3.63) is 48.6 Å². The maximum absolute atomic E-state index is 12.7. The van der Waals surface area contributed by atoms with Gasteiger partial charge >= 0.3 is 0 Å². The highest BCUT2D eigenvalue weighted by atomic mass is 16.7. The van der Waals surface area contributed by atoms with Crippen molar-refractivity contribution < 1.29 is 14.3 Å². The first-order valence-corrected chi connectivity index (χ1v) is 8.94. The highest BCUT2D eigenvalue weighted by molar-refractivity contribution is 5.79. The van der Waals surface area contributed by atoms with E-state index in [1.54, 1.807) is 0 Å². The van der Waals surface area contributed by atoms with Crippen LogP contribution in [0.15, 0.2) is 43.0 Å². The van der Waals surface area contributed by atoms with Crippen LogP contribution in [0.1, 0.15) is 38.0 Å². The molecule has 0 N–H and O–H groups in total. The Morgan fingerprint density at radius 2 is 2.00 bits per heavy atom. The summed E-state index contributed by atoms with van der Waals surface area (Å²) in [4.78, 5) is 14.7. The normalized spacial score (nSPS) is 26.8. The Bertz CT molecular complexity index is 553. The van der Waals surface area contributed by atoms with E-state index in [-0.39, 0.29) is 30.1 Å². The molecule has 0 saturated carbocycles. The molecule has 130 valence electrons. The van der Waals surface area contributed by atoms with Crippen LogP contribution in [-0.4, -0.2) is 36.6 Å². The Morgan fingerprint density at radius 3 is 2.67 bits per heavy atom. The second kappa shape index (κ2) is 7.95. The Labute approximate surface area is 144 Å². The number of carbonyl (C=O) groups is 1. The number of hydrogen-bond acceptors (Lipinski definition) is 3. The van der Waals surface area contributed by atoms with Crippen LogP contribution in [-0.2, 0) is 14.3 Å². The molecule has 0 aromatic heterocycles. The smallest absolute Gasteiger partial charge is 0.226 e. The molecule has 1 aromatic rings. The molecule has 24 heavy (non-hydrogen) atoms. The average molecular weight is 329 g/mol. The zero-order valence-corrected chi connectivity index (χ0v) is 14.4. The van der Waals surface area contributed by atoms with Gasteiger partial charge in [-0.15, -0.1) is 6.58 Å². The third kappa shape index (κ3) is 3.70. The summed E-state index contributed by atoms with van der Waals surface area (Å²) < 4.78 is 12.0. The summed E-state index contributed by atoms with van der Waals surface area (Å²) in [5.74, 6) is 0.122. The first kappa shape index (κ1) is 17.2. The van der Waals surface area contributed by atoms with E-state index in [0.717, 1.165) is 37.9 Å². The Morgan fingerprint density at radius 1 is 1.29 bits per heavy atom. The van der Waals surface area contributed by atoms with Gasteiger partial charge in [-0.3, -0.25) is 4.79 Å². The van der Waals surface area contributed by atoms with Gasteiger partial charge in [0.15, 0.2) is 6.29 Å². The summed E-state index contributed by atoms with van der Waals surface area (Å²) in [6.07, 6.45) is 4.50. The van der Waals surface area contributed by atoms with Crippen LogP contribution in [0.4, 0.5) is 0 Å². The van der Waals surface area contributed by atoms with Crippen molar-refractivity contribution in [3.63, 3.8) is 0 Å². The second-order valence-electron chi connectivity index (χ2n) is 6.71. The van der Waals surface area contributed by atoms with Gasteiger partial charge in [0.25, 0.3) is 0 Å². The van der Waals surface area contributed by atoms with Crippen molar-refractivity contribution in [2.24, 2.45) is 11.8 Å². The van der Waals surface area contributed by atoms with Gasteiger partial charge in [-0.1, -0.05) is 43.3 Å². The molecule has 3 rings (SSSR count). The van der Waals surface area contributed by atoms with Crippen molar-refractivity contribution in [1.29, 1.82) is 0 Å². The van der Waals surface area contributed by atoms with Crippen molar-refractivity contribution in [2.75, 3.05) is 19.7 Å². The van der Waals surface area contributed by atoms with Gasteiger partial charge in [0.05, 0.1) is 12.7 Å². The van der Waals surface area contributed by atoms with E-state index >= 15 is 0 Å². The topological polar surface area (TPSA) is 38.8 Å². The molecule has 4 nitrogen and oxygen atoms in total. The Balaban J connectivity index is 1.68. The summed E-state index contributed by atoms with van der Waals surface area (Å²) in [6, 6.07) is 9.96. The van der Waals surface area contributed by atoms with Crippen LogP contribution in [0, 0.1) is 11.8 Å². The minimum atomic E-state index is -0.360. The third-order valence-electron chi connectivity index (χ3n) is 5.13. The molecule has 0 unspecified atom stereocenters. The number of likely N-dealkylation sites (tertiary alicyclic amines) is 1. The average Bonchev–Trinajstić information content (AvgIpc) is 3.17. The second-order valence-corrected chi connectivity index (χ2v) is 6.71. The van der Waals surface area contributed by atoms with E-state index < -0.39 is 0 Å². The predicted molar refractivity (Wildman–Crippen MR) is 93.3 cm³/mol. The lowest BCUT2D eigenvalue weighted by Gasteiger charge is -2.37. The lowest BCUT2D eigenvalue weighted by Crippen LogP contribution is -2.42. The molecule has 4 atom stereocenters. The van der Waals surface area contributed by atoms with Crippen molar-refractivity contribution in [3.8, 4) is 0 Å². The summed E-state index contributed by atoms with van der Waals surface area (Å²) in [5, 5.41) is 0. The first-order chi connectivity index (χ1) is 11.7. The minimum absolute atomic E-state index is 0.00760. The van der Waals surface area contributed by atoms with Crippen LogP contribution in [0.25, 0.3) is 0 Å². The SMILES string of the molecule is C=C[C@H]([C@@H]1CCO[C@H](c2ccccc2)O1)[C@@H](C)C(=O)N1CCCC1. The van der Waals surface area contributed by atoms with Crippen molar-refractivity contribution in [1.82, 2.24) is 4.90 Å². The quantitative estimate of drug-likeness (QED) is 0.776. The van der Waals surface area contributed by atoms with E-state index in [9.17, 15) is 4.79 Å². The van der Waals surface area contributed by atoms with Crippen LogP contribution >= 0.6 is 0 Å². The van der Waals surface area contributed by atoms with Gasteiger partial charge in [-0.2, -0.15) is 0 Å². The summed E-state index contributed by atoms with van der Waals surface area (Å²) in [5.41, 5.74) is 1.02. The maximum Gasteiger partial charge on any atom is 0.226 e. The van der Waals surface area contributed by atoms with E-state index in [2.05, 4.69) is 6.58 Å². The summed E-state index contributed by atoms with van der Waals surface area (Å²) in [6.45, 7) is 8.38. The van der Waals surface area contributed by atoms with Gasteiger partial charge in [-0.25, -0.2) is 0 Å². The Hall–Kier alpha value is -1.65. The Kier molecular flexibility index (Phi) is 5.69. The lowest BCUT2D eigenvalue weighted by atomic mass is 9.86. The van der Waals surface area contributed by atoms with Crippen LogP contribution in [0.3, 0.4) is 0 Å². The third-order valence-corrected chi connectivity index (χ3v) is 5.13. The summed E-state index contributed by atoms with van der Waals surface area (Å²) in [7, 11) is 0. The van der Waals surface area contributed by atoms with Gasteiger partial charge in [-0.05, 0) is 19.3 Å². The van der Waals surface area contributed by atoms with Gasteiger partial charge < -0.3 is 14.4 Å². The van der Waals surface area contributed by atoms with E-state index in [1.165, 1.54) is 0 Å². The molecule has 0 aliphatic carbocycles. The van der Waals surface area contributed by atoms with Crippen LogP contribution < -0.4 is 0 Å². The van der Waals surface area contributed by atoms with E-state index in [4.69, 9.17) is 9.47 Å². The predicted octanol–water partition coefficient (Wildman–Crippen LogP) is 3.55. The van der Waals surface area contributed by atoms with Gasteiger partial charge in [0.1, 0.15) is 0 Å². The summed E-state index contributed by atoms with van der Waals surface area (Å²) >= 11 is 0. The molecular formula is C20H27NO3. The highest BCUT2D eigenvalue weighted by Gasteiger charge is 2.36. The zero-order valence-electron chi connectivity index (χ0n) is 14.4. The van der Waals surface area contributed by atoms with E-state index in [1.807, 2.05) is 48.2 Å². The molecule has 1 aromatic carbocycles. The van der Waals surface area contributed by atoms with Gasteiger partial charge in [0.2, 0.25) is 5.91 Å². The van der Waals surface area contributed by atoms with Crippen molar-refractivity contribution in [2.45, 2.75) is 38.6 Å². The molecule has 1 amide bonds. The fraction of sp³-hybridized carbons (Fsp3) is 0.550. The standard InChI is InChI=1S/C20H27NO3/c1-3-17(15(2)19(22)21-12-7-8-13-21)18-11-14-23-20(24-18)16-9-5-4-6-10-16/h3-6,9-10,15,17-18,20H,1,7-8,11-14H2,2H3/t15-,17+,18+,20+/m1/s1. The zero-order chi connectivity index (χ0) is 16.9. The lowest BCUT2D eigenvalue weighted by molar-refractivity contribution is -0.228. The molecule has 2 fully saturated rings. The molecule has 2 aliphatic heterocycles. The molecule has 4 heteroatoms. The fourth-order valence-electron chi connectivity index (χ4n) is 3.69. The highest BCUT2D eigenvalue weighted by Crippen LogP contribution is 2.33. The molecule has 0 radical (unpaired) electrons. The van der Waals surface area contributed by atoms with Gasteiger partial charge in [0, 0.05) is 30.5 Å². The molecule has 2 heterocycles. The number of rotatable bonds is 5. The number of carbonyl (C=O) groups excluding carboxylic acids is 1. The number of nitrogens with zero attached hydrogens (tertiary/aromatic N) is 1. The first-order valence-electron chi connectivity index (χ1n) is 8.94.